The van der Waals surface area contributed by atoms with Gasteiger partial charge in [0.05, 0.1) is 12.1 Å². The molecule has 0 aliphatic carbocycles. The minimum absolute atomic E-state index is 0.127. The molecular formula is C15H14BrFN2O2. The molecule has 0 unspecified atom stereocenters. The van der Waals surface area contributed by atoms with Crippen LogP contribution in [0.5, 0.6) is 5.75 Å². The molecule has 0 spiro atoms. The zero-order valence-corrected chi connectivity index (χ0v) is 13.0. The minimum atomic E-state index is -0.308. The molecule has 1 aromatic heterocycles. The summed E-state index contributed by atoms with van der Waals surface area (Å²) < 4.78 is 18.9. The molecule has 1 heterocycles. The second-order valence-electron chi connectivity index (χ2n) is 4.40. The van der Waals surface area contributed by atoms with E-state index in [2.05, 4.69) is 20.9 Å². The van der Waals surface area contributed by atoms with E-state index < -0.39 is 0 Å². The number of nitrogens with zero attached hydrogens (tertiary/aromatic N) is 2. The molecule has 1 aromatic carbocycles. The number of halogens is 2. The van der Waals surface area contributed by atoms with Crippen LogP contribution in [0.2, 0.25) is 0 Å². The predicted molar refractivity (Wildman–Crippen MR) is 80.8 cm³/mol. The summed E-state index contributed by atoms with van der Waals surface area (Å²) in [6, 6.07) is 9.19. The Hall–Kier alpha value is -1.95. The van der Waals surface area contributed by atoms with Gasteiger partial charge in [-0.2, -0.15) is 0 Å². The first-order valence-corrected chi connectivity index (χ1v) is 7.11. The highest BCUT2D eigenvalue weighted by Gasteiger charge is 2.11. The topological polar surface area (TPSA) is 42.4 Å². The van der Waals surface area contributed by atoms with E-state index in [1.165, 1.54) is 18.3 Å². The smallest absolute Gasteiger partial charge is 0.255 e. The van der Waals surface area contributed by atoms with Crippen molar-refractivity contribution in [1.29, 1.82) is 0 Å². The summed E-state index contributed by atoms with van der Waals surface area (Å²) in [6.45, 7) is 0.754. The van der Waals surface area contributed by atoms with Crippen molar-refractivity contribution in [3.63, 3.8) is 0 Å². The maximum atomic E-state index is 12.7. The average Bonchev–Trinajstić information content (AvgIpc) is 2.49. The second kappa shape index (κ2) is 7.17. The molecule has 0 bridgehead atoms. The van der Waals surface area contributed by atoms with Crippen LogP contribution in [-0.2, 0) is 0 Å². The van der Waals surface area contributed by atoms with Gasteiger partial charge < -0.3 is 9.64 Å². The molecule has 0 saturated heterocycles. The van der Waals surface area contributed by atoms with Gasteiger partial charge in [0.1, 0.15) is 22.8 Å². The summed E-state index contributed by atoms with van der Waals surface area (Å²) in [5, 5.41) is 0. The molecule has 4 nitrogen and oxygen atoms in total. The maximum absolute atomic E-state index is 12.7. The Morgan fingerprint density at radius 3 is 2.62 bits per heavy atom. The molecule has 6 heteroatoms. The Bertz CT molecular complexity index is 602. The first-order chi connectivity index (χ1) is 10.1. The van der Waals surface area contributed by atoms with Crippen LogP contribution >= 0.6 is 15.9 Å². The van der Waals surface area contributed by atoms with Gasteiger partial charge >= 0.3 is 0 Å². The number of hydrogen-bond acceptors (Lipinski definition) is 3. The highest BCUT2D eigenvalue weighted by atomic mass is 79.9. The van der Waals surface area contributed by atoms with Crippen LogP contribution in [0, 0.1) is 5.82 Å². The normalized spacial score (nSPS) is 10.2. The Kier molecular flexibility index (Phi) is 5.27. The monoisotopic (exact) mass is 352 g/mol. The third-order valence-electron chi connectivity index (χ3n) is 2.83. The number of pyridine rings is 1. The van der Waals surface area contributed by atoms with E-state index in [9.17, 15) is 9.18 Å². The average molecular weight is 353 g/mol. The van der Waals surface area contributed by atoms with Crippen LogP contribution in [0.1, 0.15) is 10.4 Å². The number of amides is 1. The SMILES string of the molecule is CN(CCOc1ccc(F)cc1)C(=O)c1ccc(Br)nc1. The summed E-state index contributed by atoms with van der Waals surface area (Å²) in [5.74, 6) is 0.137. The van der Waals surface area contributed by atoms with E-state index in [1.807, 2.05) is 0 Å². The molecule has 2 rings (SSSR count). The highest BCUT2D eigenvalue weighted by Crippen LogP contribution is 2.11. The number of carbonyl (C=O) groups excluding carboxylic acids is 1. The zero-order valence-electron chi connectivity index (χ0n) is 11.4. The van der Waals surface area contributed by atoms with Crippen LogP contribution in [0.4, 0.5) is 4.39 Å². The van der Waals surface area contributed by atoms with Crippen molar-refractivity contribution in [2.45, 2.75) is 0 Å². The van der Waals surface area contributed by atoms with Crippen LogP contribution < -0.4 is 4.74 Å². The van der Waals surface area contributed by atoms with Gasteiger partial charge in [-0.3, -0.25) is 4.79 Å². The number of rotatable bonds is 5. The lowest BCUT2D eigenvalue weighted by atomic mass is 10.2. The number of benzene rings is 1. The molecule has 0 fully saturated rings. The van der Waals surface area contributed by atoms with E-state index in [0.717, 1.165) is 0 Å². The van der Waals surface area contributed by atoms with Gasteiger partial charge in [-0.15, -0.1) is 0 Å². The lowest BCUT2D eigenvalue weighted by Gasteiger charge is -2.17. The van der Waals surface area contributed by atoms with Gasteiger partial charge in [0.2, 0.25) is 0 Å². The van der Waals surface area contributed by atoms with Gasteiger partial charge in [0.15, 0.2) is 0 Å². The fourth-order valence-corrected chi connectivity index (χ4v) is 1.89. The molecule has 0 radical (unpaired) electrons. The van der Waals surface area contributed by atoms with Gasteiger partial charge in [-0.25, -0.2) is 9.37 Å². The number of likely N-dealkylation sites (N-methyl/N-ethyl adjacent to an activating group) is 1. The molecule has 0 N–H and O–H groups in total. The summed E-state index contributed by atoms with van der Waals surface area (Å²) in [5.41, 5.74) is 0.516. The molecule has 21 heavy (non-hydrogen) atoms. The summed E-state index contributed by atoms with van der Waals surface area (Å²) in [7, 11) is 1.69. The van der Waals surface area contributed by atoms with Gasteiger partial charge in [0.25, 0.3) is 5.91 Å². The Labute approximate surface area is 130 Å². The number of ether oxygens (including phenoxy) is 1. The largest absolute Gasteiger partial charge is 0.492 e. The standard InChI is InChI=1S/C15H14BrFN2O2/c1-19(15(20)11-2-7-14(16)18-10-11)8-9-21-13-5-3-12(17)4-6-13/h2-7,10H,8-9H2,1H3. The van der Waals surface area contributed by atoms with Crippen molar-refractivity contribution in [1.82, 2.24) is 9.88 Å². The van der Waals surface area contributed by atoms with Crippen LogP contribution in [-0.4, -0.2) is 36.0 Å². The van der Waals surface area contributed by atoms with E-state index in [-0.39, 0.29) is 11.7 Å². The third kappa shape index (κ3) is 4.53. The Balaban J connectivity index is 1.83. The van der Waals surface area contributed by atoms with Crippen molar-refractivity contribution in [3.8, 4) is 5.75 Å². The van der Waals surface area contributed by atoms with Crippen LogP contribution in [0.25, 0.3) is 0 Å². The van der Waals surface area contributed by atoms with Crippen molar-refractivity contribution >= 4 is 21.8 Å². The first kappa shape index (κ1) is 15.4. The van der Waals surface area contributed by atoms with E-state index >= 15 is 0 Å². The highest BCUT2D eigenvalue weighted by molar-refractivity contribution is 9.10. The summed E-state index contributed by atoms with van der Waals surface area (Å²) >= 11 is 3.22. The van der Waals surface area contributed by atoms with Crippen LogP contribution in [0.15, 0.2) is 47.2 Å². The van der Waals surface area contributed by atoms with E-state index in [1.54, 1.807) is 36.2 Å². The fraction of sp³-hybridized carbons (Fsp3) is 0.200. The molecule has 2 aromatic rings. The van der Waals surface area contributed by atoms with E-state index in [0.29, 0.717) is 29.1 Å². The molecule has 1 amide bonds. The van der Waals surface area contributed by atoms with Crippen molar-refractivity contribution in [2.24, 2.45) is 0 Å². The van der Waals surface area contributed by atoms with Crippen molar-refractivity contribution in [2.75, 3.05) is 20.2 Å². The Morgan fingerprint density at radius 1 is 1.29 bits per heavy atom. The van der Waals surface area contributed by atoms with Gasteiger partial charge in [-0.05, 0) is 52.3 Å². The van der Waals surface area contributed by atoms with Crippen molar-refractivity contribution in [3.05, 3.63) is 58.6 Å². The lowest BCUT2D eigenvalue weighted by molar-refractivity contribution is 0.0773. The Morgan fingerprint density at radius 2 is 2.00 bits per heavy atom. The van der Waals surface area contributed by atoms with Gasteiger partial charge in [-0.1, -0.05) is 0 Å². The maximum Gasteiger partial charge on any atom is 0.255 e. The molecule has 0 aliphatic rings. The molecule has 110 valence electrons. The number of aromatic nitrogens is 1. The lowest BCUT2D eigenvalue weighted by Crippen LogP contribution is -2.30. The number of carbonyl (C=O) groups is 1. The summed E-state index contributed by atoms with van der Waals surface area (Å²) in [6.07, 6.45) is 1.52. The minimum Gasteiger partial charge on any atom is -0.492 e. The molecule has 0 saturated carbocycles. The summed E-state index contributed by atoms with van der Waals surface area (Å²) in [4.78, 5) is 17.7. The zero-order chi connectivity index (χ0) is 15.2. The molecular weight excluding hydrogens is 339 g/mol. The van der Waals surface area contributed by atoms with Crippen molar-refractivity contribution < 1.29 is 13.9 Å². The number of hydrogen-bond donors (Lipinski definition) is 0. The molecule has 0 atom stereocenters. The molecule has 0 aliphatic heterocycles. The van der Waals surface area contributed by atoms with E-state index in [4.69, 9.17) is 4.74 Å². The van der Waals surface area contributed by atoms with Gasteiger partial charge in [0, 0.05) is 13.2 Å². The second-order valence-corrected chi connectivity index (χ2v) is 5.21. The van der Waals surface area contributed by atoms with Crippen LogP contribution in [0.3, 0.4) is 0 Å². The predicted octanol–water partition coefficient (Wildman–Crippen LogP) is 3.13. The first-order valence-electron chi connectivity index (χ1n) is 6.31. The fourth-order valence-electron chi connectivity index (χ4n) is 1.66. The third-order valence-corrected chi connectivity index (χ3v) is 3.30. The quantitative estimate of drug-likeness (QED) is 0.776.